The molecule has 1 unspecified atom stereocenters. The average molecular weight is 298 g/mol. The van der Waals surface area contributed by atoms with Crippen LogP contribution in [0.15, 0.2) is 29.2 Å². The Morgan fingerprint density at radius 1 is 1.40 bits per heavy atom. The summed E-state index contributed by atoms with van der Waals surface area (Å²) in [6, 6.07) is 1.88. The Balaban J connectivity index is 2.58. The van der Waals surface area contributed by atoms with Gasteiger partial charge < -0.3 is 5.11 Å². The fourth-order valence-corrected chi connectivity index (χ4v) is 4.21. The minimum absolute atomic E-state index is 0.0334. The number of hydrogen-bond acceptors (Lipinski definition) is 3. The SMILES string of the molecule is Cc1c(F)cc(C(=O)O)cc1S(=O)(=O)C1C=CCCC1. The Kier molecular flexibility index (Phi) is 3.94. The Morgan fingerprint density at radius 2 is 2.10 bits per heavy atom. The van der Waals surface area contributed by atoms with E-state index in [0.29, 0.717) is 6.42 Å². The van der Waals surface area contributed by atoms with Gasteiger partial charge in [-0.15, -0.1) is 0 Å². The number of aromatic carboxylic acids is 1. The van der Waals surface area contributed by atoms with Crippen LogP contribution in [0.1, 0.15) is 35.2 Å². The van der Waals surface area contributed by atoms with E-state index in [4.69, 9.17) is 5.11 Å². The molecule has 108 valence electrons. The summed E-state index contributed by atoms with van der Waals surface area (Å²) in [6.45, 7) is 1.35. The summed E-state index contributed by atoms with van der Waals surface area (Å²) in [5.74, 6) is -2.16. The number of carbonyl (C=O) groups is 1. The first-order valence-electron chi connectivity index (χ1n) is 6.28. The quantitative estimate of drug-likeness (QED) is 0.871. The van der Waals surface area contributed by atoms with Gasteiger partial charge in [0.15, 0.2) is 9.84 Å². The van der Waals surface area contributed by atoms with Gasteiger partial charge in [0.2, 0.25) is 0 Å². The molecule has 1 aromatic rings. The summed E-state index contributed by atoms with van der Waals surface area (Å²) in [5, 5.41) is 8.22. The van der Waals surface area contributed by atoms with Crippen LogP contribution in [0, 0.1) is 12.7 Å². The van der Waals surface area contributed by atoms with Crippen LogP contribution < -0.4 is 0 Å². The molecular weight excluding hydrogens is 283 g/mol. The van der Waals surface area contributed by atoms with Crippen LogP contribution in [0.4, 0.5) is 4.39 Å². The molecule has 1 aliphatic rings. The predicted octanol–water partition coefficient (Wildman–Crippen LogP) is 2.71. The second-order valence-electron chi connectivity index (χ2n) is 4.83. The third-order valence-corrected chi connectivity index (χ3v) is 5.69. The molecule has 0 amide bonds. The number of carboxylic acids is 1. The van der Waals surface area contributed by atoms with Crippen LogP contribution in [0.25, 0.3) is 0 Å². The molecule has 0 bridgehead atoms. The monoisotopic (exact) mass is 298 g/mol. The number of carboxylic acid groups (broad SMARTS) is 1. The first kappa shape index (κ1) is 14.7. The minimum atomic E-state index is -3.76. The van der Waals surface area contributed by atoms with Gasteiger partial charge in [-0.05, 0) is 38.3 Å². The highest BCUT2D eigenvalue weighted by molar-refractivity contribution is 7.92. The second kappa shape index (κ2) is 5.36. The van der Waals surface area contributed by atoms with Crippen LogP contribution in [-0.4, -0.2) is 24.7 Å². The molecule has 20 heavy (non-hydrogen) atoms. The van der Waals surface area contributed by atoms with Gasteiger partial charge >= 0.3 is 5.97 Å². The molecule has 0 saturated carbocycles. The molecule has 6 heteroatoms. The van der Waals surface area contributed by atoms with Crippen molar-refractivity contribution in [2.75, 3.05) is 0 Å². The lowest BCUT2D eigenvalue weighted by molar-refractivity contribution is 0.0696. The zero-order valence-electron chi connectivity index (χ0n) is 11.0. The van der Waals surface area contributed by atoms with Crippen molar-refractivity contribution in [3.05, 3.63) is 41.2 Å². The smallest absolute Gasteiger partial charge is 0.335 e. The van der Waals surface area contributed by atoms with Crippen molar-refractivity contribution < 1.29 is 22.7 Å². The number of benzene rings is 1. The molecule has 0 aromatic heterocycles. The van der Waals surface area contributed by atoms with Crippen LogP contribution in [0.2, 0.25) is 0 Å². The molecule has 0 spiro atoms. The van der Waals surface area contributed by atoms with Gasteiger partial charge in [0, 0.05) is 5.56 Å². The van der Waals surface area contributed by atoms with Gasteiger partial charge in [-0.1, -0.05) is 12.2 Å². The molecule has 4 nitrogen and oxygen atoms in total. The molecule has 0 radical (unpaired) electrons. The molecular formula is C14H15FO4S. The fraction of sp³-hybridized carbons (Fsp3) is 0.357. The lowest BCUT2D eigenvalue weighted by Crippen LogP contribution is -2.22. The summed E-state index contributed by atoms with van der Waals surface area (Å²) in [4.78, 5) is 10.7. The van der Waals surface area contributed by atoms with Gasteiger partial charge in [-0.3, -0.25) is 0 Å². The number of halogens is 1. The van der Waals surface area contributed by atoms with Crippen LogP contribution in [0.5, 0.6) is 0 Å². The number of sulfone groups is 1. The van der Waals surface area contributed by atoms with E-state index >= 15 is 0 Å². The Morgan fingerprint density at radius 3 is 2.65 bits per heavy atom. The maximum absolute atomic E-state index is 13.8. The summed E-state index contributed by atoms with van der Waals surface area (Å²) in [7, 11) is -3.76. The van der Waals surface area contributed by atoms with E-state index in [0.717, 1.165) is 25.0 Å². The predicted molar refractivity (Wildman–Crippen MR) is 72.1 cm³/mol. The van der Waals surface area contributed by atoms with E-state index in [1.807, 2.05) is 0 Å². The van der Waals surface area contributed by atoms with Crippen molar-refractivity contribution in [1.29, 1.82) is 0 Å². The summed E-state index contributed by atoms with van der Waals surface area (Å²) >= 11 is 0. The first-order chi connectivity index (χ1) is 9.34. The third-order valence-electron chi connectivity index (χ3n) is 3.46. The fourth-order valence-electron chi connectivity index (χ4n) is 2.28. The summed E-state index contributed by atoms with van der Waals surface area (Å²) in [6.07, 6.45) is 5.44. The van der Waals surface area contributed by atoms with E-state index in [1.165, 1.54) is 6.92 Å². The molecule has 0 saturated heterocycles. The molecule has 1 aromatic carbocycles. The van der Waals surface area contributed by atoms with E-state index < -0.39 is 26.9 Å². The van der Waals surface area contributed by atoms with Crippen molar-refractivity contribution in [2.24, 2.45) is 0 Å². The maximum Gasteiger partial charge on any atom is 0.335 e. The zero-order valence-corrected chi connectivity index (χ0v) is 11.8. The third kappa shape index (κ3) is 2.60. The van der Waals surface area contributed by atoms with Gasteiger partial charge in [0.1, 0.15) is 5.82 Å². The molecule has 1 aliphatic carbocycles. The molecule has 0 heterocycles. The van der Waals surface area contributed by atoms with E-state index in [9.17, 15) is 17.6 Å². The van der Waals surface area contributed by atoms with Crippen molar-refractivity contribution in [1.82, 2.24) is 0 Å². The topological polar surface area (TPSA) is 71.4 Å². The van der Waals surface area contributed by atoms with Crippen molar-refractivity contribution >= 4 is 15.8 Å². The lowest BCUT2D eigenvalue weighted by atomic mass is 10.1. The van der Waals surface area contributed by atoms with E-state index in [1.54, 1.807) is 12.2 Å². The van der Waals surface area contributed by atoms with Gasteiger partial charge in [-0.25, -0.2) is 17.6 Å². The lowest BCUT2D eigenvalue weighted by Gasteiger charge is -2.19. The Hall–Kier alpha value is -1.69. The highest BCUT2D eigenvalue weighted by atomic mass is 32.2. The van der Waals surface area contributed by atoms with Crippen molar-refractivity contribution in [3.63, 3.8) is 0 Å². The average Bonchev–Trinajstić information content (AvgIpc) is 2.42. The van der Waals surface area contributed by atoms with Gasteiger partial charge in [0.25, 0.3) is 0 Å². The number of hydrogen-bond donors (Lipinski definition) is 1. The van der Waals surface area contributed by atoms with Crippen LogP contribution >= 0.6 is 0 Å². The van der Waals surface area contributed by atoms with Gasteiger partial charge in [-0.2, -0.15) is 0 Å². The van der Waals surface area contributed by atoms with Crippen molar-refractivity contribution in [2.45, 2.75) is 36.3 Å². The van der Waals surface area contributed by atoms with E-state index in [-0.39, 0.29) is 16.0 Å². The highest BCUT2D eigenvalue weighted by Gasteiger charge is 2.29. The molecule has 0 aliphatic heterocycles. The standard InChI is InChI=1S/C14H15FO4S/c1-9-12(15)7-10(14(16)17)8-13(9)20(18,19)11-5-3-2-4-6-11/h3,5,7-8,11H,2,4,6H2,1H3,(H,16,17). The molecule has 0 fully saturated rings. The Bertz CT molecular complexity index is 677. The first-order valence-corrected chi connectivity index (χ1v) is 7.82. The van der Waals surface area contributed by atoms with Crippen LogP contribution in [-0.2, 0) is 9.84 Å². The minimum Gasteiger partial charge on any atom is -0.478 e. The second-order valence-corrected chi connectivity index (χ2v) is 6.96. The number of allylic oxidation sites excluding steroid dienone is 1. The molecule has 2 rings (SSSR count). The van der Waals surface area contributed by atoms with Crippen molar-refractivity contribution in [3.8, 4) is 0 Å². The zero-order chi connectivity index (χ0) is 14.9. The normalized spacial score (nSPS) is 19.0. The number of rotatable bonds is 3. The molecule has 1 atom stereocenters. The molecule has 1 N–H and O–H groups in total. The summed E-state index contributed by atoms with van der Waals surface area (Å²) < 4.78 is 38.8. The Labute approximate surface area is 116 Å². The van der Waals surface area contributed by atoms with Crippen LogP contribution in [0.3, 0.4) is 0 Å². The highest BCUT2D eigenvalue weighted by Crippen LogP contribution is 2.28. The van der Waals surface area contributed by atoms with E-state index in [2.05, 4.69) is 0 Å². The maximum atomic E-state index is 13.8. The largest absolute Gasteiger partial charge is 0.478 e. The van der Waals surface area contributed by atoms with Gasteiger partial charge in [0.05, 0.1) is 15.7 Å². The summed E-state index contributed by atoms with van der Waals surface area (Å²) in [5.41, 5.74) is -0.388.